The summed E-state index contributed by atoms with van der Waals surface area (Å²) in [6.07, 6.45) is -2.77. The van der Waals surface area contributed by atoms with Gasteiger partial charge < -0.3 is 19.5 Å². The van der Waals surface area contributed by atoms with E-state index in [4.69, 9.17) is 15.3 Å². The van der Waals surface area contributed by atoms with Crippen molar-refractivity contribution in [2.24, 2.45) is 0 Å². The van der Waals surface area contributed by atoms with Crippen molar-refractivity contribution in [3.8, 4) is 0 Å². The summed E-state index contributed by atoms with van der Waals surface area (Å²) < 4.78 is 26.5. The van der Waals surface area contributed by atoms with Gasteiger partial charge in [0.15, 0.2) is 0 Å². The van der Waals surface area contributed by atoms with Gasteiger partial charge in [0, 0.05) is 26.2 Å². The number of carboxylic acids is 3. The first kappa shape index (κ1) is 21.0. The Morgan fingerprint density at radius 3 is 1.80 bits per heavy atom. The zero-order valence-corrected chi connectivity index (χ0v) is 13.1. The maximum Gasteiger partial charge on any atom is 0.326 e. The maximum atomic E-state index is 11.3. The fraction of sp³-hybridized carbons (Fsp3) is 0.500. The molecule has 0 aromatic heterocycles. The number of carbonyl (C=O) groups is 4. The summed E-state index contributed by atoms with van der Waals surface area (Å²) in [5.41, 5.74) is 0. The summed E-state index contributed by atoms with van der Waals surface area (Å²) >= 11 is 0. The molecule has 0 saturated heterocycles. The Morgan fingerprint density at radius 2 is 1.45 bits per heavy atom. The van der Waals surface area contributed by atoms with E-state index < -0.39 is 58.5 Å². The normalized spacial score (nSPS) is 11.8. The molecule has 0 aliphatic carbocycles. The van der Waals surface area contributed by atoms with Gasteiger partial charge in [-0.3, -0.25) is 19.2 Å². The van der Waals surface area contributed by atoms with Crippen LogP contribution in [0.4, 0.5) is 0 Å². The second-order valence-corrected chi connectivity index (χ2v) is 4.99. The fourth-order valence-corrected chi connectivity index (χ4v) is 1.96. The smallest absolute Gasteiger partial charge is 0.326 e. The topological polar surface area (TPSA) is 172 Å². The molecular weight excluding hydrogens is 379 g/mol. The Kier molecular flexibility index (Phi) is 9.25. The van der Waals surface area contributed by atoms with Gasteiger partial charge in [-0.1, -0.05) is 0 Å². The van der Waals surface area contributed by atoms with Crippen molar-refractivity contribution in [1.29, 1.82) is 0 Å². The standard InChI is InChI=1S/C8H10O10S.Zr/c9-5(10)1-2-7(13)18-19(16,17)4(8(14)15)3-6(11)12;/h4H,1-3H2,(H,9,10)(H,11,12)(H,14,15);. The Hall–Kier alpha value is -1.29. The van der Waals surface area contributed by atoms with Crippen molar-refractivity contribution in [2.45, 2.75) is 24.5 Å². The van der Waals surface area contributed by atoms with Crippen LogP contribution in [0.5, 0.6) is 0 Å². The van der Waals surface area contributed by atoms with Gasteiger partial charge in [0.05, 0.1) is 19.3 Å². The molecular formula is C8H10O10SZr. The van der Waals surface area contributed by atoms with E-state index in [0.29, 0.717) is 0 Å². The van der Waals surface area contributed by atoms with Crippen molar-refractivity contribution < 1.29 is 73.3 Å². The summed E-state index contributed by atoms with van der Waals surface area (Å²) in [7, 11) is -4.99. The largest absolute Gasteiger partial charge is 0.481 e. The first-order chi connectivity index (χ1) is 8.56. The van der Waals surface area contributed by atoms with E-state index >= 15 is 0 Å². The quantitative estimate of drug-likeness (QED) is 0.421. The predicted molar refractivity (Wildman–Crippen MR) is 55.6 cm³/mol. The molecule has 112 valence electrons. The summed E-state index contributed by atoms with van der Waals surface area (Å²) in [5.74, 6) is -6.56. The number of carbonyl (C=O) groups excluding carboxylic acids is 1. The molecule has 1 unspecified atom stereocenters. The molecule has 3 N–H and O–H groups in total. The molecule has 0 aliphatic heterocycles. The van der Waals surface area contributed by atoms with E-state index in [1.54, 1.807) is 0 Å². The molecule has 0 aromatic carbocycles. The van der Waals surface area contributed by atoms with Gasteiger partial charge in [-0.15, -0.1) is 0 Å². The van der Waals surface area contributed by atoms with Crippen LogP contribution in [0, 0.1) is 0 Å². The molecule has 20 heavy (non-hydrogen) atoms. The monoisotopic (exact) mass is 388 g/mol. The van der Waals surface area contributed by atoms with E-state index in [2.05, 4.69) is 4.18 Å². The van der Waals surface area contributed by atoms with Crippen LogP contribution in [0.1, 0.15) is 19.3 Å². The van der Waals surface area contributed by atoms with Crippen LogP contribution in [-0.2, 0) is 59.7 Å². The molecule has 12 heteroatoms. The van der Waals surface area contributed by atoms with Crippen molar-refractivity contribution in [1.82, 2.24) is 0 Å². The van der Waals surface area contributed by atoms with Crippen LogP contribution >= 0.6 is 0 Å². The minimum atomic E-state index is -4.99. The molecule has 0 spiro atoms. The number of hydrogen-bond donors (Lipinski definition) is 3. The van der Waals surface area contributed by atoms with E-state index in [9.17, 15) is 27.6 Å². The van der Waals surface area contributed by atoms with Crippen LogP contribution in [-0.4, -0.2) is 52.9 Å². The molecule has 1 atom stereocenters. The minimum Gasteiger partial charge on any atom is -0.481 e. The zero-order chi connectivity index (χ0) is 15.2. The average Bonchev–Trinajstić information content (AvgIpc) is 2.21. The number of aliphatic carboxylic acids is 3. The molecule has 0 aromatic rings. The fourth-order valence-electron chi connectivity index (χ4n) is 0.910. The summed E-state index contributed by atoms with van der Waals surface area (Å²) in [6.45, 7) is 0. The van der Waals surface area contributed by atoms with Crippen LogP contribution in [0.15, 0.2) is 0 Å². The Labute approximate surface area is 132 Å². The molecule has 0 amide bonds. The van der Waals surface area contributed by atoms with Gasteiger partial charge >= 0.3 is 34.0 Å². The molecule has 10 nitrogen and oxygen atoms in total. The number of hydrogen-bond acceptors (Lipinski definition) is 7. The van der Waals surface area contributed by atoms with E-state index in [1.807, 2.05) is 0 Å². The first-order valence-electron chi connectivity index (χ1n) is 4.68. The molecule has 0 saturated carbocycles. The third-order valence-electron chi connectivity index (χ3n) is 1.74. The van der Waals surface area contributed by atoms with E-state index in [0.717, 1.165) is 0 Å². The Balaban J connectivity index is 0. The summed E-state index contributed by atoms with van der Waals surface area (Å²) in [5, 5.41) is 22.7. The zero-order valence-electron chi connectivity index (χ0n) is 9.81. The Bertz CT molecular complexity index is 495. The van der Waals surface area contributed by atoms with Crippen LogP contribution in [0.2, 0.25) is 0 Å². The maximum absolute atomic E-state index is 11.3. The van der Waals surface area contributed by atoms with Crippen LogP contribution < -0.4 is 0 Å². The molecule has 0 radical (unpaired) electrons. The van der Waals surface area contributed by atoms with Crippen molar-refractivity contribution in [2.75, 3.05) is 0 Å². The predicted octanol–water partition coefficient (Wildman–Crippen LogP) is -1.35. The minimum absolute atomic E-state index is 0. The van der Waals surface area contributed by atoms with Crippen molar-refractivity contribution in [3.05, 3.63) is 0 Å². The average molecular weight is 389 g/mol. The number of rotatable bonds is 8. The number of carboxylic acid groups (broad SMARTS) is 3. The van der Waals surface area contributed by atoms with Gasteiger partial charge in [-0.05, 0) is 0 Å². The third-order valence-corrected chi connectivity index (χ3v) is 3.22. The van der Waals surface area contributed by atoms with Gasteiger partial charge in [0.25, 0.3) is 0 Å². The summed E-state index contributed by atoms with van der Waals surface area (Å²) in [4.78, 5) is 42.0. The first-order valence-corrected chi connectivity index (χ1v) is 6.16. The van der Waals surface area contributed by atoms with Gasteiger partial charge in [-0.2, -0.15) is 8.42 Å². The second kappa shape index (κ2) is 8.80. The van der Waals surface area contributed by atoms with E-state index in [-0.39, 0.29) is 26.2 Å². The van der Waals surface area contributed by atoms with Gasteiger partial charge in [0.1, 0.15) is 0 Å². The molecule has 0 aliphatic rings. The molecule has 0 bridgehead atoms. The van der Waals surface area contributed by atoms with Gasteiger partial charge in [0.2, 0.25) is 5.25 Å². The molecule has 0 heterocycles. The third kappa shape index (κ3) is 8.00. The van der Waals surface area contributed by atoms with Crippen LogP contribution in [0.25, 0.3) is 0 Å². The summed E-state index contributed by atoms with van der Waals surface area (Å²) in [6, 6.07) is 0. The van der Waals surface area contributed by atoms with Crippen molar-refractivity contribution >= 4 is 34.0 Å². The van der Waals surface area contributed by atoms with Crippen molar-refractivity contribution in [3.63, 3.8) is 0 Å². The SMILES string of the molecule is O=C(O)CCC(=O)OS(=O)(=O)C(CC(=O)O)C(=O)O.[Zr]. The van der Waals surface area contributed by atoms with E-state index in [1.165, 1.54) is 0 Å². The molecule has 0 rings (SSSR count). The van der Waals surface area contributed by atoms with Gasteiger partial charge in [-0.25, -0.2) is 0 Å². The Morgan fingerprint density at radius 1 is 0.950 bits per heavy atom. The van der Waals surface area contributed by atoms with Crippen LogP contribution in [0.3, 0.4) is 0 Å². The molecule has 0 fully saturated rings. The second-order valence-electron chi connectivity index (χ2n) is 3.27.